The van der Waals surface area contributed by atoms with E-state index in [0.29, 0.717) is 13.1 Å². The number of hydrogen-bond acceptors (Lipinski definition) is 4. The zero-order valence-corrected chi connectivity index (χ0v) is 12.6. The Morgan fingerprint density at radius 2 is 1.90 bits per heavy atom. The molecule has 1 aromatic rings. The Bertz CT molecular complexity index is 598. The number of primary sulfonamides is 1. The minimum Gasteiger partial charge on any atom is -0.352 e. The number of rotatable bonds is 5. The molecule has 1 aromatic carbocycles. The molecular formula is C14H21N3O3S. The fourth-order valence-electron chi connectivity index (χ4n) is 2.78. The summed E-state index contributed by atoms with van der Waals surface area (Å²) in [6.07, 6.45) is 2.94. The molecule has 2 rings (SSSR count). The largest absolute Gasteiger partial charge is 0.352 e. The van der Waals surface area contributed by atoms with Crippen molar-refractivity contribution in [3.63, 3.8) is 0 Å². The maximum atomic E-state index is 12.1. The summed E-state index contributed by atoms with van der Waals surface area (Å²) in [6.45, 7) is 0.915. The molecule has 1 aliphatic rings. The maximum absolute atomic E-state index is 12.1. The Labute approximate surface area is 124 Å². The second kappa shape index (κ2) is 6.55. The predicted molar refractivity (Wildman–Crippen MR) is 79.5 cm³/mol. The number of hydrogen-bond donors (Lipinski definition) is 3. The lowest BCUT2D eigenvalue weighted by molar-refractivity contribution is -0.126. The third-order valence-electron chi connectivity index (χ3n) is 4.02. The number of sulfonamides is 1. The van der Waals surface area contributed by atoms with Gasteiger partial charge in [-0.25, -0.2) is 13.6 Å². The van der Waals surface area contributed by atoms with Crippen LogP contribution >= 0.6 is 0 Å². The van der Waals surface area contributed by atoms with E-state index in [1.54, 1.807) is 12.1 Å². The lowest BCUT2D eigenvalue weighted by atomic mass is 9.95. The average molecular weight is 311 g/mol. The van der Waals surface area contributed by atoms with Gasteiger partial charge in [-0.2, -0.15) is 0 Å². The lowest BCUT2D eigenvalue weighted by Gasteiger charge is -2.17. The van der Waals surface area contributed by atoms with Gasteiger partial charge >= 0.3 is 0 Å². The molecule has 1 fully saturated rings. The topological polar surface area (TPSA) is 115 Å². The lowest BCUT2D eigenvalue weighted by Crippen LogP contribution is -2.34. The van der Waals surface area contributed by atoms with Gasteiger partial charge in [0.05, 0.1) is 4.90 Å². The van der Waals surface area contributed by atoms with Crippen LogP contribution in [0.2, 0.25) is 0 Å². The second-order valence-electron chi connectivity index (χ2n) is 5.44. The van der Waals surface area contributed by atoms with Crippen LogP contribution in [0.3, 0.4) is 0 Å². The number of nitrogens with one attached hydrogen (secondary N) is 1. The van der Waals surface area contributed by atoms with E-state index in [-0.39, 0.29) is 22.6 Å². The highest BCUT2D eigenvalue weighted by Gasteiger charge is 2.31. The number of nitrogens with two attached hydrogens (primary N) is 2. The van der Waals surface area contributed by atoms with Crippen LogP contribution in [-0.2, 0) is 21.4 Å². The van der Waals surface area contributed by atoms with Crippen molar-refractivity contribution in [1.82, 2.24) is 5.32 Å². The van der Waals surface area contributed by atoms with Gasteiger partial charge < -0.3 is 11.1 Å². The molecule has 0 radical (unpaired) electrons. The van der Waals surface area contributed by atoms with Crippen molar-refractivity contribution in [2.75, 3.05) is 6.54 Å². The molecular weight excluding hydrogens is 290 g/mol. The molecule has 5 N–H and O–H groups in total. The molecule has 0 spiro atoms. The molecule has 21 heavy (non-hydrogen) atoms. The van der Waals surface area contributed by atoms with E-state index in [0.717, 1.165) is 24.8 Å². The standard InChI is InChI=1S/C14H21N3O3S/c15-8-11-2-1-3-13(11)14(18)17-9-10-4-6-12(7-5-10)21(16,19)20/h4-7,11,13H,1-3,8-9,15H2,(H,17,18)(H2,16,19,20)/t11-,13-/m1/s1. The third kappa shape index (κ3) is 4.03. The minimum atomic E-state index is -3.68. The van der Waals surface area contributed by atoms with Crippen molar-refractivity contribution < 1.29 is 13.2 Å². The highest BCUT2D eigenvalue weighted by Crippen LogP contribution is 2.30. The number of carbonyl (C=O) groups excluding carboxylic acids is 1. The zero-order valence-electron chi connectivity index (χ0n) is 11.8. The first-order valence-corrected chi connectivity index (χ1v) is 8.56. The van der Waals surface area contributed by atoms with Crippen LogP contribution in [0.4, 0.5) is 0 Å². The van der Waals surface area contributed by atoms with Gasteiger partial charge in [-0.15, -0.1) is 0 Å². The third-order valence-corrected chi connectivity index (χ3v) is 4.95. The highest BCUT2D eigenvalue weighted by molar-refractivity contribution is 7.89. The van der Waals surface area contributed by atoms with E-state index < -0.39 is 10.0 Å². The SMILES string of the molecule is NC[C@H]1CCC[C@H]1C(=O)NCc1ccc(S(N)(=O)=O)cc1. The summed E-state index contributed by atoms with van der Waals surface area (Å²) in [7, 11) is -3.68. The molecule has 1 amide bonds. The van der Waals surface area contributed by atoms with Gasteiger partial charge in [0.15, 0.2) is 0 Å². The van der Waals surface area contributed by atoms with Crippen LogP contribution in [0.1, 0.15) is 24.8 Å². The monoisotopic (exact) mass is 311 g/mol. The van der Waals surface area contributed by atoms with Crippen molar-refractivity contribution in [3.8, 4) is 0 Å². The van der Waals surface area contributed by atoms with E-state index in [9.17, 15) is 13.2 Å². The van der Waals surface area contributed by atoms with Crippen LogP contribution in [0.5, 0.6) is 0 Å². The summed E-state index contributed by atoms with van der Waals surface area (Å²) in [5.74, 6) is 0.298. The van der Waals surface area contributed by atoms with E-state index in [4.69, 9.17) is 10.9 Å². The van der Waals surface area contributed by atoms with Crippen molar-refractivity contribution >= 4 is 15.9 Å². The first kappa shape index (κ1) is 15.9. The van der Waals surface area contributed by atoms with Gasteiger partial charge in [-0.05, 0) is 43.0 Å². The number of carbonyl (C=O) groups is 1. The minimum absolute atomic E-state index is 0.00121. The average Bonchev–Trinajstić information content (AvgIpc) is 2.92. The molecule has 0 bridgehead atoms. The molecule has 0 unspecified atom stereocenters. The van der Waals surface area contributed by atoms with Gasteiger partial charge in [-0.3, -0.25) is 4.79 Å². The summed E-state index contributed by atoms with van der Waals surface area (Å²) < 4.78 is 22.3. The summed E-state index contributed by atoms with van der Waals surface area (Å²) in [5.41, 5.74) is 6.51. The van der Waals surface area contributed by atoms with Gasteiger partial charge in [0.2, 0.25) is 15.9 Å². The molecule has 1 saturated carbocycles. The Morgan fingerprint density at radius 1 is 1.24 bits per heavy atom. The Balaban J connectivity index is 1.92. The van der Waals surface area contributed by atoms with Gasteiger partial charge in [0.25, 0.3) is 0 Å². The normalized spacial score (nSPS) is 22.2. The van der Waals surface area contributed by atoms with Crippen molar-refractivity contribution in [3.05, 3.63) is 29.8 Å². The van der Waals surface area contributed by atoms with Crippen molar-refractivity contribution in [2.24, 2.45) is 22.7 Å². The van der Waals surface area contributed by atoms with E-state index >= 15 is 0 Å². The van der Waals surface area contributed by atoms with Crippen molar-refractivity contribution in [1.29, 1.82) is 0 Å². The van der Waals surface area contributed by atoms with Crippen LogP contribution in [0.25, 0.3) is 0 Å². The Morgan fingerprint density at radius 3 is 2.48 bits per heavy atom. The summed E-state index contributed by atoms with van der Waals surface area (Å²) in [6, 6.07) is 6.17. The summed E-state index contributed by atoms with van der Waals surface area (Å²) >= 11 is 0. The fraction of sp³-hybridized carbons (Fsp3) is 0.500. The molecule has 0 aliphatic heterocycles. The quantitative estimate of drug-likeness (QED) is 0.726. The second-order valence-corrected chi connectivity index (χ2v) is 7.00. The summed E-state index contributed by atoms with van der Waals surface area (Å²) in [4.78, 5) is 12.2. The predicted octanol–water partition coefficient (Wildman–Crippen LogP) is 0.325. The maximum Gasteiger partial charge on any atom is 0.238 e. The van der Waals surface area contributed by atoms with Crippen LogP contribution < -0.4 is 16.2 Å². The molecule has 7 heteroatoms. The first-order chi connectivity index (χ1) is 9.91. The Kier molecular flexibility index (Phi) is 4.97. The van der Waals surface area contributed by atoms with E-state index in [1.807, 2.05) is 0 Å². The summed E-state index contributed by atoms with van der Waals surface area (Å²) in [5, 5.41) is 7.92. The van der Waals surface area contributed by atoms with Crippen LogP contribution in [0, 0.1) is 11.8 Å². The first-order valence-electron chi connectivity index (χ1n) is 7.01. The number of amides is 1. The van der Waals surface area contributed by atoms with Gasteiger partial charge in [-0.1, -0.05) is 18.6 Å². The molecule has 0 heterocycles. The molecule has 6 nitrogen and oxygen atoms in total. The molecule has 1 aliphatic carbocycles. The fourth-order valence-corrected chi connectivity index (χ4v) is 3.30. The smallest absolute Gasteiger partial charge is 0.238 e. The van der Waals surface area contributed by atoms with E-state index in [2.05, 4.69) is 5.32 Å². The Hall–Kier alpha value is -1.44. The van der Waals surface area contributed by atoms with Crippen LogP contribution in [-0.4, -0.2) is 20.9 Å². The van der Waals surface area contributed by atoms with Crippen molar-refractivity contribution in [2.45, 2.75) is 30.7 Å². The zero-order chi connectivity index (χ0) is 15.5. The van der Waals surface area contributed by atoms with E-state index in [1.165, 1.54) is 12.1 Å². The molecule has 0 aromatic heterocycles. The number of benzene rings is 1. The van der Waals surface area contributed by atoms with Gasteiger partial charge in [0, 0.05) is 12.5 Å². The van der Waals surface area contributed by atoms with Crippen LogP contribution in [0.15, 0.2) is 29.2 Å². The highest BCUT2D eigenvalue weighted by atomic mass is 32.2. The molecule has 116 valence electrons. The molecule has 0 saturated heterocycles. The molecule has 2 atom stereocenters. The van der Waals surface area contributed by atoms with Gasteiger partial charge in [0.1, 0.15) is 0 Å².